The highest BCUT2D eigenvalue weighted by atomic mass is 16.5. The molecule has 31 heavy (non-hydrogen) atoms. The second kappa shape index (κ2) is 9.47. The largest absolute Gasteiger partial charge is 0.488 e. The van der Waals surface area contributed by atoms with Crippen molar-refractivity contribution in [2.24, 2.45) is 0 Å². The minimum atomic E-state index is -0.0519. The maximum atomic E-state index is 12.6. The lowest BCUT2D eigenvalue weighted by Crippen LogP contribution is -2.25. The number of carbonyl (C=O) groups is 1. The van der Waals surface area contributed by atoms with Crippen LogP contribution < -0.4 is 10.1 Å². The Morgan fingerprint density at radius 3 is 2.68 bits per heavy atom. The number of aromatic amines is 1. The highest BCUT2D eigenvalue weighted by Gasteiger charge is 2.12. The predicted molar refractivity (Wildman–Crippen MR) is 123 cm³/mol. The van der Waals surface area contributed by atoms with Crippen LogP contribution in [0, 0.1) is 13.8 Å². The number of rotatable bonds is 8. The Labute approximate surface area is 182 Å². The van der Waals surface area contributed by atoms with Gasteiger partial charge in [0.05, 0.1) is 0 Å². The van der Waals surface area contributed by atoms with Gasteiger partial charge in [-0.15, -0.1) is 0 Å². The van der Waals surface area contributed by atoms with Gasteiger partial charge in [0.2, 0.25) is 0 Å². The number of para-hydroxylation sites is 1. The van der Waals surface area contributed by atoms with Crippen LogP contribution in [0.1, 0.15) is 39.0 Å². The summed E-state index contributed by atoms with van der Waals surface area (Å²) in [6.07, 6.45) is 7.40. The third kappa shape index (κ3) is 4.94. The molecule has 4 aromatic rings. The molecule has 0 aliphatic rings. The van der Waals surface area contributed by atoms with Gasteiger partial charge in [-0.1, -0.05) is 24.3 Å². The van der Waals surface area contributed by atoms with E-state index in [0.717, 1.165) is 40.8 Å². The lowest BCUT2D eigenvalue weighted by atomic mass is 10.0. The number of aryl methyl sites for hydroxylation is 3. The van der Waals surface area contributed by atoms with Crippen molar-refractivity contribution in [3.63, 3.8) is 0 Å². The number of hydrogen-bond donors (Lipinski definition) is 2. The standard InChI is InChI=1S/C26H27N3O2/c1-18-13-22(14-19(2)25(18)31-17-20-7-5-11-27-15-20)26(30)28-12-6-8-21-16-29-24-10-4-3-9-23(21)24/h3-5,7,9-11,13-16,29H,6,8,12,17H2,1-2H3,(H,28,30). The van der Waals surface area contributed by atoms with Gasteiger partial charge in [0, 0.05) is 47.2 Å². The van der Waals surface area contributed by atoms with Gasteiger partial charge in [0.25, 0.3) is 5.91 Å². The summed E-state index contributed by atoms with van der Waals surface area (Å²) >= 11 is 0. The average Bonchev–Trinajstić information content (AvgIpc) is 3.20. The Balaban J connectivity index is 1.32. The zero-order valence-corrected chi connectivity index (χ0v) is 17.9. The molecule has 0 spiro atoms. The van der Waals surface area contributed by atoms with E-state index in [1.165, 1.54) is 10.9 Å². The molecule has 5 heteroatoms. The number of hydrogen-bond acceptors (Lipinski definition) is 3. The fourth-order valence-electron chi connectivity index (χ4n) is 3.87. The smallest absolute Gasteiger partial charge is 0.251 e. The Bertz CT molecular complexity index is 1160. The molecule has 0 aliphatic carbocycles. The zero-order valence-electron chi connectivity index (χ0n) is 17.9. The van der Waals surface area contributed by atoms with E-state index < -0.39 is 0 Å². The van der Waals surface area contributed by atoms with Gasteiger partial charge in [0.1, 0.15) is 12.4 Å². The van der Waals surface area contributed by atoms with Crippen LogP contribution in [0.5, 0.6) is 5.75 Å². The number of nitrogens with zero attached hydrogens (tertiary/aromatic N) is 1. The molecule has 5 nitrogen and oxygen atoms in total. The van der Waals surface area contributed by atoms with E-state index in [1.54, 1.807) is 12.4 Å². The van der Waals surface area contributed by atoms with Crippen molar-refractivity contribution in [3.8, 4) is 5.75 Å². The van der Waals surface area contributed by atoms with E-state index in [9.17, 15) is 4.79 Å². The van der Waals surface area contributed by atoms with Crippen LogP contribution in [-0.2, 0) is 13.0 Å². The van der Waals surface area contributed by atoms with Crippen molar-refractivity contribution >= 4 is 16.8 Å². The molecule has 2 N–H and O–H groups in total. The topological polar surface area (TPSA) is 67.0 Å². The average molecular weight is 414 g/mol. The minimum Gasteiger partial charge on any atom is -0.488 e. The Morgan fingerprint density at radius 2 is 1.90 bits per heavy atom. The van der Waals surface area contributed by atoms with Gasteiger partial charge in [-0.05, 0) is 67.6 Å². The van der Waals surface area contributed by atoms with Gasteiger partial charge in [-0.25, -0.2) is 0 Å². The van der Waals surface area contributed by atoms with Crippen molar-refractivity contribution in [2.75, 3.05) is 6.54 Å². The molecule has 0 fully saturated rings. The number of carbonyl (C=O) groups excluding carboxylic acids is 1. The monoisotopic (exact) mass is 413 g/mol. The maximum absolute atomic E-state index is 12.6. The van der Waals surface area contributed by atoms with Crippen molar-refractivity contribution in [2.45, 2.75) is 33.3 Å². The van der Waals surface area contributed by atoms with Gasteiger partial charge < -0.3 is 15.0 Å². The number of aromatic nitrogens is 2. The summed E-state index contributed by atoms with van der Waals surface area (Å²) < 4.78 is 5.99. The molecule has 0 bridgehead atoms. The molecule has 2 aromatic heterocycles. The molecule has 4 rings (SSSR count). The number of pyridine rings is 1. The Hall–Kier alpha value is -3.60. The predicted octanol–water partition coefficient (Wildman–Crippen LogP) is 5.12. The third-order valence-corrected chi connectivity index (χ3v) is 5.41. The van der Waals surface area contributed by atoms with Crippen LogP contribution >= 0.6 is 0 Å². The van der Waals surface area contributed by atoms with Gasteiger partial charge >= 0.3 is 0 Å². The molecule has 0 unspecified atom stereocenters. The van der Waals surface area contributed by atoms with E-state index in [4.69, 9.17) is 4.74 Å². The quantitative estimate of drug-likeness (QED) is 0.394. The second-order valence-electron chi connectivity index (χ2n) is 7.81. The van der Waals surface area contributed by atoms with Crippen molar-refractivity contribution in [1.82, 2.24) is 15.3 Å². The van der Waals surface area contributed by atoms with Gasteiger partial charge in [0.15, 0.2) is 0 Å². The molecule has 2 aromatic carbocycles. The van der Waals surface area contributed by atoms with E-state index in [2.05, 4.69) is 39.7 Å². The number of nitrogens with one attached hydrogen (secondary N) is 2. The van der Waals surface area contributed by atoms with Crippen LogP contribution in [0.2, 0.25) is 0 Å². The number of fused-ring (bicyclic) bond motifs is 1. The molecular weight excluding hydrogens is 386 g/mol. The van der Waals surface area contributed by atoms with Crippen LogP contribution in [0.4, 0.5) is 0 Å². The Morgan fingerprint density at radius 1 is 1.10 bits per heavy atom. The van der Waals surface area contributed by atoms with E-state index in [0.29, 0.717) is 18.7 Å². The summed E-state index contributed by atoms with van der Waals surface area (Å²) in [6.45, 7) is 5.03. The summed E-state index contributed by atoms with van der Waals surface area (Å²) in [6, 6.07) is 15.9. The maximum Gasteiger partial charge on any atom is 0.251 e. The molecule has 0 atom stereocenters. The van der Waals surface area contributed by atoms with Gasteiger partial charge in [-0.3, -0.25) is 9.78 Å². The minimum absolute atomic E-state index is 0.0519. The SMILES string of the molecule is Cc1cc(C(=O)NCCCc2c[nH]c3ccccc23)cc(C)c1OCc1cccnc1. The lowest BCUT2D eigenvalue weighted by Gasteiger charge is -2.14. The van der Waals surface area contributed by atoms with Crippen LogP contribution in [0.15, 0.2) is 67.1 Å². The van der Waals surface area contributed by atoms with Crippen molar-refractivity contribution < 1.29 is 9.53 Å². The van der Waals surface area contributed by atoms with Gasteiger partial charge in [-0.2, -0.15) is 0 Å². The van der Waals surface area contributed by atoms with E-state index >= 15 is 0 Å². The zero-order chi connectivity index (χ0) is 21.6. The van der Waals surface area contributed by atoms with E-state index in [-0.39, 0.29) is 5.91 Å². The third-order valence-electron chi connectivity index (χ3n) is 5.41. The summed E-state index contributed by atoms with van der Waals surface area (Å²) in [5.41, 5.74) is 6.01. The molecule has 0 saturated heterocycles. The fraction of sp³-hybridized carbons (Fsp3) is 0.231. The number of amides is 1. The van der Waals surface area contributed by atoms with Crippen LogP contribution in [0.3, 0.4) is 0 Å². The normalized spacial score (nSPS) is 10.9. The second-order valence-corrected chi connectivity index (χ2v) is 7.81. The van der Waals surface area contributed by atoms with E-state index in [1.807, 2.05) is 44.2 Å². The fourth-order valence-corrected chi connectivity index (χ4v) is 3.87. The molecule has 1 amide bonds. The first-order valence-corrected chi connectivity index (χ1v) is 10.6. The Kier molecular flexibility index (Phi) is 6.32. The summed E-state index contributed by atoms with van der Waals surface area (Å²) in [4.78, 5) is 20.1. The number of H-pyrrole nitrogens is 1. The lowest BCUT2D eigenvalue weighted by molar-refractivity contribution is 0.0953. The molecule has 0 aliphatic heterocycles. The first-order chi connectivity index (χ1) is 15.1. The summed E-state index contributed by atoms with van der Waals surface area (Å²) in [5.74, 6) is 0.767. The summed E-state index contributed by atoms with van der Waals surface area (Å²) in [5, 5.41) is 4.29. The molecule has 0 saturated carbocycles. The number of benzene rings is 2. The highest BCUT2D eigenvalue weighted by molar-refractivity contribution is 5.94. The molecule has 0 radical (unpaired) electrons. The van der Waals surface area contributed by atoms with Crippen molar-refractivity contribution in [1.29, 1.82) is 0 Å². The molecule has 2 heterocycles. The number of ether oxygens (including phenoxy) is 1. The van der Waals surface area contributed by atoms with Crippen LogP contribution in [0.25, 0.3) is 10.9 Å². The first kappa shape index (κ1) is 20.7. The highest BCUT2D eigenvalue weighted by Crippen LogP contribution is 2.26. The summed E-state index contributed by atoms with van der Waals surface area (Å²) in [7, 11) is 0. The molecular formula is C26H27N3O2. The van der Waals surface area contributed by atoms with Crippen molar-refractivity contribution in [3.05, 3.63) is 94.9 Å². The first-order valence-electron chi connectivity index (χ1n) is 10.6. The van der Waals surface area contributed by atoms with Crippen LogP contribution in [-0.4, -0.2) is 22.4 Å². The molecule has 158 valence electrons.